The summed E-state index contributed by atoms with van der Waals surface area (Å²) in [4.78, 5) is 31.2. The first-order chi connectivity index (χ1) is 14.2. The third-order valence-electron chi connectivity index (χ3n) is 5.60. The lowest BCUT2D eigenvalue weighted by Gasteiger charge is -2.30. The van der Waals surface area contributed by atoms with E-state index in [0.717, 1.165) is 35.2 Å². The van der Waals surface area contributed by atoms with E-state index in [2.05, 4.69) is 15.2 Å². The third kappa shape index (κ3) is 3.29. The Balaban J connectivity index is 1.28. The van der Waals surface area contributed by atoms with Crippen molar-refractivity contribution in [2.75, 3.05) is 13.1 Å². The van der Waals surface area contributed by atoms with Crippen molar-refractivity contribution in [2.24, 2.45) is 0 Å². The number of para-hydroxylation sites is 2. The van der Waals surface area contributed by atoms with Crippen molar-refractivity contribution >= 4 is 27.8 Å². The molecule has 1 aliphatic heterocycles. The van der Waals surface area contributed by atoms with Crippen LogP contribution in [0.15, 0.2) is 57.7 Å². The molecule has 0 saturated carbocycles. The Labute approximate surface area is 166 Å². The van der Waals surface area contributed by atoms with Crippen LogP contribution in [0, 0.1) is 0 Å². The van der Waals surface area contributed by atoms with Gasteiger partial charge in [0, 0.05) is 24.4 Å². The van der Waals surface area contributed by atoms with Crippen LogP contribution in [0.2, 0.25) is 0 Å². The lowest BCUT2D eigenvalue weighted by Crippen LogP contribution is -2.39. The average Bonchev–Trinajstić information content (AvgIpc) is 3.20. The summed E-state index contributed by atoms with van der Waals surface area (Å²) in [6.45, 7) is 1.31. The number of H-pyrrole nitrogens is 1. The number of nitrogens with zero attached hydrogens (tertiary/aromatic N) is 3. The van der Waals surface area contributed by atoms with Gasteiger partial charge in [-0.2, -0.15) is 5.10 Å². The number of hydrogen-bond acceptors (Lipinski definition) is 5. The molecule has 2 aromatic heterocycles. The lowest BCUT2D eigenvalue weighted by atomic mass is 9.96. The minimum Gasteiger partial charge on any atom is -0.440 e. The molecule has 0 spiro atoms. The van der Waals surface area contributed by atoms with Crippen molar-refractivity contribution < 1.29 is 9.21 Å². The van der Waals surface area contributed by atoms with Crippen LogP contribution in [-0.4, -0.2) is 39.1 Å². The SMILES string of the molecule is O=C(Cc1n[nH]c(=O)c2ccccc12)N1CCC(c2nc3ccccc3o2)CC1. The molecule has 5 rings (SSSR count). The molecule has 146 valence electrons. The maximum atomic E-state index is 12.8. The highest BCUT2D eigenvalue weighted by Crippen LogP contribution is 2.30. The Kier molecular flexibility index (Phi) is 4.35. The summed E-state index contributed by atoms with van der Waals surface area (Å²) in [6, 6.07) is 15.0. The zero-order chi connectivity index (χ0) is 19.8. The van der Waals surface area contributed by atoms with Crippen molar-refractivity contribution in [3.8, 4) is 0 Å². The van der Waals surface area contributed by atoms with Gasteiger partial charge in [0.15, 0.2) is 11.5 Å². The second-order valence-electron chi connectivity index (χ2n) is 7.40. The summed E-state index contributed by atoms with van der Waals surface area (Å²) >= 11 is 0. The molecule has 7 nitrogen and oxygen atoms in total. The summed E-state index contributed by atoms with van der Waals surface area (Å²) in [6.07, 6.45) is 1.81. The van der Waals surface area contributed by atoms with E-state index < -0.39 is 0 Å². The Hall–Kier alpha value is -3.48. The molecule has 1 fully saturated rings. The molecule has 0 unspecified atom stereocenters. The van der Waals surface area contributed by atoms with E-state index in [4.69, 9.17) is 4.42 Å². The molecule has 2 aromatic carbocycles. The van der Waals surface area contributed by atoms with Crippen molar-refractivity contribution in [3.05, 3.63) is 70.5 Å². The first-order valence-electron chi connectivity index (χ1n) is 9.78. The van der Waals surface area contributed by atoms with E-state index >= 15 is 0 Å². The monoisotopic (exact) mass is 388 g/mol. The molecule has 3 heterocycles. The number of carbonyl (C=O) groups excluding carboxylic acids is 1. The summed E-state index contributed by atoms with van der Waals surface area (Å²) in [5.41, 5.74) is 2.04. The minimum absolute atomic E-state index is 0.0192. The number of hydrogen-bond donors (Lipinski definition) is 1. The van der Waals surface area contributed by atoms with Crippen LogP contribution in [0.5, 0.6) is 0 Å². The van der Waals surface area contributed by atoms with Crippen molar-refractivity contribution in [2.45, 2.75) is 25.2 Å². The van der Waals surface area contributed by atoms with E-state index in [1.165, 1.54) is 0 Å². The van der Waals surface area contributed by atoms with E-state index in [1.807, 2.05) is 41.3 Å². The number of carbonyl (C=O) groups is 1. The van der Waals surface area contributed by atoms with Crippen molar-refractivity contribution in [3.63, 3.8) is 0 Å². The number of aromatic nitrogens is 3. The zero-order valence-corrected chi connectivity index (χ0v) is 15.8. The second-order valence-corrected chi connectivity index (χ2v) is 7.40. The molecule has 4 aromatic rings. The zero-order valence-electron chi connectivity index (χ0n) is 15.8. The van der Waals surface area contributed by atoms with Crippen LogP contribution in [0.4, 0.5) is 0 Å². The normalized spacial score (nSPS) is 15.2. The van der Waals surface area contributed by atoms with Gasteiger partial charge in [0.1, 0.15) is 5.52 Å². The molecule has 1 N–H and O–H groups in total. The standard InChI is InChI=1S/C22H20N4O3/c27-20(13-18-15-5-1-2-6-16(15)21(28)25-24-18)26-11-9-14(10-12-26)22-23-17-7-3-4-8-19(17)29-22/h1-8,14H,9-13H2,(H,25,28). The van der Waals surface area contributed by atoms with Crippen molar-refractivity contribution in [1.82, 2.24) is 20.1 Å². The Bertz CT molecular complexity index is 1220. The molecular weight excluding hydrogens is 368 g/mol. The largest absolute Gasteiger partial charge is 0.440 e. The van der Waals surface area contributed by atoms with Gasteiger partial charge in [0.05, 0.1) is 17.5 Å². The summed E-state index contributed by atoms with van der Waals surface area (Å²) < 4.78 is 5.90. The fourth-order valence-electron chi connectivity index (χ4n) is 4.00. The molecule has 0 radical (unpaired) electrons. The molecular formula is C22H20N4O3. The average molecular weight is 388 g/mol. The third-order valence-corrected chi connectivity index (χ3v) is 5.60. The first-order valence-corrected chi connectivity index (χ1v) is 9.78. The summed E-state index contributed by atoms with van der Waals surface area (Å²) in [5.74, 6) is 0.996. The van der Waals surface area contributed by atoms with Crippen LogP contribution in [-0.2, 0) is 11.2 Å². The smallest absolute Gasteiger partial charge is 0.272 e. The van der Waals surface area contributed by atoms with Gasteiger partial charge in [-0.15, -0.1) is 0 Å². The molecule has 0 atom stereocenters. The van der Waals surface area contributed by atoms with Crippen LogP contribution >= 0.6 is 0 Å². The highest BCUT2D eigenvalue weighted by atomic mass is 16.3. The summed E-state index contributed by atoms with van der Waals surface area (Å²) in [5, 5.41) is 7.90. The number of nitrogens with one attached hydrogen (secondary N) is 1. The second kappa shape index (κ2) is 7.16. The van der Waals surface area contributed by atoms with Crippen LogP contribution < -0.4 is 5.56 Å². The number of likely N-dealkylation sites (tertiary alicyclic amines) is 1. The van der Waals surface area contributed by atoms with E-state index in [0.29, 0.717) is 24.2 Å². The van der Waals surface area contributed by atoms with Crippen LogP contribution in [0.3, 0.4) is 0 Å². The van der Waals surface area contributed by atoms with Gasteiger partial charge >= 0.3 is 0 Å². The van der Waals surface area contributed by atoms with E-state index in [1.54, 1.807) is 12.1 Å². The predicted octanol–water partition coefficient (Wildman–Crippen LogP) is 3.01. The highest BCUT2D eigenvalue weighted by Gasteiger charge is 2.27. The fourth-order valence-corrected chi connectivity index (χ4v) is 4.00. The number of fused-ring (bicyclic) bond motifs is 2. The summed E-state index contributed by atoms with van der Waals surface area (Å²) in [7, 11) is 0. The van der Waals surface area contributed by atoms with Crippen LogP contribution in [0.1, 0.15) is 30.3 Å². The lowest BCUT2D eigenvalue weighted by molar-refractivity contribution is -0.131. The van der Waals surface area contributed by atoms with Gasteiger partial charge in [-0.05, 0) is 31.0 Å². The van der Waals surface area contributed by atoms with Gasteiger partial charge in [-0.25, -0.2) is 10.1 Å². The number of rotatable bonds is 3. The Morgan fingerprint density at radius 3 is 2.59 bits per heavy atom. The van der Waals surface area contributed by atoms with Gasteiger partial charge in [0.2, 0.25) is 5.91 Å². The first kappa shape index (κ1) is 17.6. The Morgan fingerprint density at radius 1 is 1.07 bits per heavy atom. The number of piperidine rings is 1. The molecule has 1 amide bonds. The maximum absolute atomic E-state index is 12.8. The van der Waals surface area contributed by atoms with Gasteiger partial charge in [-0.3, -0.25) is 9.59 Å². The number of amides is 1. The molecule has 1 saturated heterocycles. The molecule has 0 aliphatic carbocycles. The number of oxazole rings is 1. The Morgan fingerprint density at radius 2 is 1.79 bits per heavy atom. The number of benzene rings is 2. The molecule has 1 aliphatic rings. The van der Waals surface area contributed by atoms with E-state index in [9.17, 15) is 9.59 Å². The molecule has 29 heavy (non-hydrogen) atoms. The quantitative estimate of drug-likeness (QED) is 0.582. The molecule has 0 bridgehead atoms. The highest BCUT2D eigenvalue weighted by molar-refractivity contribution is 5.88. The van der Waals surface area contributed by atoms with Gasteiger partial charge in [0.25, 0.3) is 5.56 Å². The maximum Gasteiger partial charge on any atom is 0.272 e. The van der Waals surface area contributed by atoms with Gasteiger partial charge < -0.3 is 9.32 Å². The van der Waals surface area contributed by atoms with Crippen LogP contribution in [0.25, 0.3) is 21.9 Å². The minimum atomic E-state index is -0.240. The molecule has 7 heteroatoms. The predicted molar refractivity (Wildman–Crippen MR) is 109 cm³/mol. The van der Waals surface area contributed by atoms with E-state index in [-0.39, 0.29) is 23.8 Å². The van der Waals surface area contributed by atoms with Crippen molar-refractivity contribution in [1.29, 1.82) is 0 Å². The van der Waals surface area contributed by atoms with Gasteiger partial charge in [-0.1, -0.05) is 30.3 Å². The topological polar surface area (TPSA) is 92.1 Å². The number of aromatic amines is 1. The fraction of sp³-hybridized carbons (Fsp3) is 0.273.